The highest BCUT2D eigenvalue weighted by Crippen LogP contribution is 2.22. The van der Waals surface area contributed by atoms with E-state index in [1.54, 1.807) is 7.05 Å². The Morgan fingerprint density at radius 2 is 2.10 bits per heavy atom. The first kappa shape index (κ1) is 15.8. The van der Waals surface area contributed by atoms with Crippen molar-refractivity contribution < 1.29 is 24.5 Å². The summed E-state index contributed by atoms with van der Waals surface area (Å²) in [5.41, 5.74) is 0.105. The molecule has 0 unspecified atom stereocenters. The molecule has 0 spiro atoms. The van der Waals surface area contributed by atoms with Crippen LogP contribution < -0.4 is 5.32 Å². The zero-order chi connectivity index (χ0) is 15.1. The third-order valence-electron chi connectivity index (χ3n) is 2.60. The predicted molar refractivity (Wildman–Crippen MR) is 73.2 cm³/mol. The number of carboxylic acid groups (broad SMARTS) is 1. The molecule has 0 aromatic heterocycles. The summed E-state index contributed by atoms with van der Waals surface area (Å²) >= 11 is 0. The van der Waals surface area contributed by atoms with Gasteiger partial charge in [-0.3, -0.25) is 0 Å². The number of ether oxygens (including phenoxy) is 1. The molecule has 0 atom stereocenters. The van der Waals surface area contributed by atoms with Gasteiger partial charge in [-0.25, -0.2) is 9.59 Å². The number of aromatic carboxylic acids is 1. The fraction of sp³-hybridized carbons (Fsp3) is 0.385. The lowest BCUT2D eigenvalue weighted by Gasteiger charge is -2.18. The van der Waals surface area contributed by atoms with Crippen LogP contribution in [-0.4, -0.2) is 53.9 Å². The second kappa shape index (κ2) is 7.34. The zero-order valence-corrected chi connectivity index (χ0v) is 11.4. The van der Waals surface area contributed by atoms with Crippen molar-refractivity contribution in [1.29, 1.82) is 0 Å². The van der Waals surface area contributed by atoms with Gasteiger partial charge in [0.05, 0.1) is 6.61 Å². The summed E-state index contributed by atoms with van der Waals surface area (Å²) < 4.78 is 5.14. The van der Waals surface area contributed by atoms with Crippen LogP contribution >= 0.6 is 0 Å². The highest BCUT2D eigenvalue weighted by Gasteiger charge is 2.12. The minimum Gasteiger partial charge on any atom is -0.507 e. The Labute approximate surface area is 116 Å². The van der Waals surface area contributed by atoms with E-state index in [9.17, 15) is 14.7 Å². The van der Waals surface area contributed by atoms with E-state index >= 15 is 0 Å². The number of rotatable bonds is 6. The van der Waals surface area contributed by atoms with Gasteiger partial charge in [-0.2, -0.15) is 0 Å². The number of hydrogen-bond acceptors (Lipinski definition) is 4. The standard InChI is InChI=1S/C13H18N2O5/c1-3-20-7-6-15(2)13(19)14-9-4-5-10(12(17)18)11(16)8-9/h4-5,8,16H,3,6-7H2,1-2H3,(H,14,19)(H,17,18). The lowest BCUT2D eigenvalue weighted by atomic mass is 10.2. The smallest absolute Gasteiger partial charge is 0.339 e. The molecule has 20 heavy (non-hydrogen) atoms. The lowest BCUT2D eigenvalue weighted by Crippen LogP contribution is -2.34. The van der Waals surface area contributed by atoms with Crippen molar-refractivity contribution in [1.82, 2.24) is 4.90 Å². The van der Waals surface area contributed by atoms with Crippen LogP contribution in [-0.2, 0) is 4.74 Å². The van der Waals surface area contributed by atoms with Gasteiger partial charge in [-0.15, -0.1) is 0 Å². The largest absolute Gasteiger partial charge is 0.507 e. The zero-order valence-electron chi connectivity index (χ0n) is 11.4. The van der Waals surface area contributed by atoms with Gasteiger partial charge < -0.3 is 25.2 Å². The van der Waals surface area contributed by atoms with E-state index < -0.39 is 11.7 Å². The van der Waals surface area contributed by atoms with E-state index in [2.05, 4.69) is 5.32 Å². The van der Waals surface area contributed by atoms with E-state index in [-0.39, 0.29) is 11.6 Å². The van der Waals surface area contributed by atoms with E-state index in [0.29, 0.717) is 25.4 Å². The van der Waals surface area contributed by atoms with Crippen molar-refractivity contribution in [2.45, 2.75) is 6.92 Å². The number of aromatic hydroxyl groups is 1. The van der Waals surface area contributed by atoms with Crippen molar-refractivity contribution in [2.75, 3.05) is 32.1 Å². The number of amides is 2. The quantitative estimate of drug-likeness (QED) is 0.688. The molecule has 110 valence electrons. The van der Waals surface area contributed by atoms with Crippen LogP contribution in [0.15, 0.2) is 18.2 Å². The van der Waals surface area contributed by atoms with Gasteiger partial charge in [0.15, 0.2) is 0 Å². The fourth-order valence-electron chi connectivity index (χ4n) is 1.46. The van der Waals surface area contributed by atoms with E-state index in [0.717, 1.165) is 0 Å². The number of benzene rings is 1. The number of carboxylic acids is 1. The first-order valence-electron chi connectivity index (χ1n) is 6.12. The highest BCUT2D eigenvalue weighted by atomic mass is 16.5. The Bertz CT molecular complexity index is 490. The van der Waals surface area contributed by atoms with Crippen LogP contribution in [0.5, 0.6) is 5.75 Å². The highest BCUT2D eigenvalue weighted by molar-refractivity contribution is 5.93. The summed E-state index contributed by atoms with van der Waals surface area (Å²) in [6, 6.07) is 3.47. The topological polar surface area (TPSA) is 99.1 Å². The number of nitrogens with one attached hydrogen (secondary N) is 1. The molecule has 0 saturated heterocycles. The van der Waals surface area contributed by atoms with Gasteiger partial charge in [-0.1, -0.05) is 0 Å². The minimum absolute atomic E-state index is 0.215. The molecular formula is C13H18N2O5. The van der Waals surface area contributed by atoms with Crippen molar-refractivity contribution in [2.24, 2.45) is 0 Å². The number of nitrogens with zero attached hydrogens (tertiary/aromatic N) is 1. The molecule has 0 aliphatic heterocycles. The third-order valence-corrected chi connectivity index (χ3v) is 2.60. The summed E-state index contributed by atoms with van der Waals surface area (Å²) in [5.74, 6) is -1.62. The Kier molecular flexibility index (Phi) is 5.79. The molecule has 0 bridgehead atoms. The van der Waals surface area contributed by atoms with Crippen LogP contribution in [0.25, 0.3) is 0 Å². The van der Waals surface area contributed by atoms with Gasteiger partial charge >= 0.3 is 12.0 Å². The number of anilines is 1. The Balaban J connectivity index is 2.62. The molecular weight excluding hydrogens is 264 g/mol. The molecule has 0 radical (unpaired) electrons. The van der Waals surface area contributed by atoms with Crippen molar-refractivity contribution >= 4 is 17.7 Å². The molecule has 0 aliphatic rings. The minimum atomic E-state index is -1.23. The van der Waals surface area contributed by atoms with Gasteiger partial charge in [0, 0.05) is 32.0 Å². The maximum atomic E-state index is 11.8. The van der Waals surface area contributed by atoms with Crippen LogP contribution in [0.4, 0.5) is 10.5 Å². The van der Waals surface area contributed by atoms with Crippen molar-refractivity contribution in [3.8, 4) is 5.75 Å². The predicted octanol–water partition coefficient (Wildman–Crippen LogP) is 1.59. The molecule has 0 fully saturated rings. The molecule has 7 heteroatoms. The molecule has 0 aliphatic carbocycles. The van der Waals surface area contributed by atoms with Crippen molar-refractivity contribution in [3.05, 3.63) is 23.8 Å². The van der Waals surface area contributed by atoms with Crippen LogP contribution in [0, 0.1) is 0 Å². The monoisotopic (exact) mass is 282 g/mol. The molecule has 0 saturated carbocycles. The van der Waals surface area contributed by atoms with Crippen LogP contribution in [0.1, 0.15) is 17.3 Å². The molecule has 2 amide bonds. The normalized spacial score (nSPS) is 10.1. The third kappa shape index (κ3) is 4.43. The van der Waals surface area contributed by atoms with Crippen LogP contribution in [0.3, 0.4) is 0 Å². The Morgan fingerprint density at radius 3 is 2.65 bits per heavy atom. The molecule has 3 N–H and O–H groups in total. The Hall–Kier alpha value is -2.28. The van der Waals surface area contributed by atoms with Gasteiger partial charge in [0.2, 0.25) is 0 Å². The number of urea groups is 1. The number of carbonyl (C=O) groups excluding carboxylic acids is 1. The summed E-state index contributed by atoms with van der Waals surface area (Å²) in [4.78, 5) is 24.0. The van der Waals surface area contributed by atoms with E-state index in [1.807, 2.05) is 6.92 Å². The van der Waals surface area contributed by atoms with E-state index in [4.69, 9.17) is 9.84 Å². The summed E-state index contributed by atoms with van der Waals surface area (Å²) in [6.07, 6.45) is 0. The average molecular weight is 282 g/mol. The van der Waals surface area contributed by atoms with E-state index in [1.165, 1.54) is 23.1 Å². The maximum Gasteiger partial charge on any atom is 0.339 e. The molecule has 1 aromatic rings. The second-order valence-corrected chi connectivity index (χ2v) is 4.09. The first-order chi connectivity index (χ1) is 9.45. The van der Waals surface area contributed by atoms with Crippen LogP contribution in [0.2, 0.25) is 0 Å². The molecule has 1 aromatic carbocycles. The average Bonchev–Trinajstić information content (AvgIpc) is 2.38. The summed E-state index contributed by atoms with van der Waals surface area (Å²) in [7, 11) is 1.61. The SMILES string of the molecule is CCOCCN(C)C(=O)Nc1ccc(C(=O)O)c(O)c1. The fourth-order valence-corrected chi connectivity index (χ4v) is 1.46. The number of likely N-dealkylation sites (N-methyl/N-ethyl adjacent to an activating group) is 1. The molecule has 0 heterocycles. The first-order valence-corrected chi connectivity index (χ1v) is 6.12. The van der Waals surface area contributed by atoms with Gasteiger partial charge in [0.25, 0.3) is 0 Å². The summed E-state index contributed by atoms with van der Waals surface area (Å²) in [6.45, 7) is 3.31. The maximum absolute atomic E-state index is 11.8. The Morgan fingerprint density at radius 1 is 1.40 bits per heavy atom. The second-order valence-electron chi connectivity index (χ2n) is 4.09. The summed E-state index contributed by atoms with van der Waals surface area (Å²) in [5, 5.41) is 20.9. The molecule has 7 nitrogen and oxygen atoms in total. The van der Waals surface area contributed by atoms with Gasteiger partial charge in [0.1, 0.15) is 11.3 Å². The molecule has 1 rings (SSSR count). The van der Waals surface area contributed by atoms with Gasteiger partial charge in [-0.05, 0) is 19.1 Å². The number of hydrogen-bond donors (Lipinski definition) is 3. The number of carbonyl (C=O) groups is 2. The number of phenols is 1. The van der Waals surface area contributed by atoms with Crippen molar-refractivity contribution in [3.63, 3.8) is 0 Å². The lowest BCUT2D eigenvalue weighted by molar-refractivity contribution is 0.0694.